The molecule has 1 unspecified atom stereocenters. The average molecular weight is 263 g/mol. The summed E-state index contributed by atoms with van der Waals surface area (Å²) in [5.74, 6) is 0.0604. The lowest BCUT2D eigenvalue weighted by Gasteiger charge is -2.23. The first-order chi connectivity index (χ1) is 9.19. The number of carbonyl (C=O) groups is 1. The van der Waals surface area contributed by atoms with Gasteiger partial charge in [-0.05, 0) is 39.4 Å². The molecule has 0 spiro atoms. The molecule has 4 nitrogen and oxygen atoms in total. The number of hydrogen-bond donors (Lipinski definition) is 2. The second kappa shape index (κ2) is 8.53. The van der Waals surface area contributed by atoms with Crippen molar-refractivity contribution in [2.24, 2.45) is 0 Å². The second-order valence-corrected chi connectivity index (χ2v) is 4.57. The summed E-state index contributed by atoms with van der Waals surface area (Å²) in [6.45, 7) is 6.65. The third-order valence-corrected chi connectivity index (χ3v) is 3.23. The molecule has 4 heteroatoms. The van der Waals surface area contributed by atoms with E-state index in [1.165, 1.54) is 5.69 Å². The SMILES string of the molecule is CCN(CCCNC(=O)C(C)NC)c1ccccc1. The minimum absolute atomic E-state index is 0.0604. The van der Waals surface area contributed by atoms with Gasteiger partial charge in [0.15, 0.2) is 0 Å². The molecule has 0 aromatic heterocycles. The molecule has 2 N–H and O–H groups in total. The van der Waals surface area contributed by atoms with Crippen molar-refractivity contribution in [3.63, 3.8) is 0 Å². The second-order valence-electron chi connectivity index (χ2n) is 4.57. The number of para-hydroxylation sites is 1. The zero-order chi connectivity index (χ0) is 14.1. The summed E-state index contributed by atoms with van der Waals surface area (Å²) in [5, 5.41) is 5.87. The van der Waals surface area contributed by atoms with E-state index in [1.807, 2.05) is 25.1 Å². The fraction of sp³-hybridized carbons (Fsp3) is 0.533. The van der Waals surface area contributed by atoms with Crippen molar-refractivity contribution in [1.82, 2.24) is 10.6 Å². The molecule has 0 aliphatic heterocycles. The number of nitrogens with zero attached hydrogens (tertiary/aromatic N) is 1. The van der Waals surface area contributed by atoms with Crippen LogP contribution < -0.4 is 15.5 Å². The van der Waals surface area contributed by atoms with E-state index in [1.54, 1.807) is 7.05 Å². The Bertz CT molecular complexity index is 367. The highest BCUT2D eigenvalue weighted by molar-refractivity contribution is 5.81. The van der Waals surface area contributed by atoms with Gasteiger partial charge >= 0.3 is 0 Å². The first-order valence-electron chi connectivity index (χ1n) is 6.94. The molecular weight excluding hydrogens is 238 g/mol. The van der Waals surface area contributed by atoms with Crippen LogP contribution in [0, 0.1) is 0 Å². The van der Waals surface area contributed by atoms with Gasteiger partial charge in [0.25, 0.3) is 0 Å². The summed E-state index contributed by atoms with van der Waals surface area (Å²) >= 11 is 0. The van der Waals surface area contributed by atoms with Crippen molar-refractivity contribution in [2.75, 3.05) is 31.6 Å². The normalized spacial score (nSPS) is 11.9. The highest BCUT2D eigenvalue weighted by Crippen LogP contribution is 2.12. The summed E-state index contributed by atoms with van der Waals surface area (Å²) in [5.41, 5.74) is 1.24. The van der Waals surface area contributed by atoms with E-state index in [0.717, 1.165) is 19.5 Å². The monoisotopic (exact) mass is 263 g/mol. The lowest BCUT2D eigenvalue weighted by molar-refractivity contribution is -0.122. The van der Waals surface area contributed by atoms with Crippen LogP contribution in [0.4, 0.5) is 5.69 Å². The first-order valence-corrected chi connectivity index (χ1v) is 6.94. The van der Waals surface area contributed by atoms with Crippen LogP contribution in [0.3, 0.4) is 0 Å². The van der Waals surface area contributed by atoms with E-state index in [9.17, 15) is 4.79 Å². The van der Waals surface area contributed by atoms with Gasteiger partial charge in [-0.1, -0.05) is 18.2 Å². The van der Waals surface area contributed by atoms with Gasteiger partial charge in [0.2, 0.25) is 5.91 Å². The van der Waals surface area contributed by atoms with Crippen molar-refractivity contribution in [3.05, 3.63) is 30.3 Å². The Kier molecular flexibility index (Phi) is 6.97. The van der Waals surface area contributed by atoms with Gasteiger partial charge < -0.3 is 15.5 Å². The summed E-state index contributed by atoms with van der Waals surface area (Å²) in [7, 11) is 1.79. The predicted octanol–water partition coefficient (Wildman–Crippen LogP) is 1.63. The van der Waals surface area contributed by atoms with Crippen molar-refractivity contribution in [2.45, 2.75) is 26.3 Å². The number of likely N-dealkylation sites (N-methyl/N-ethyl adjacent to an activating group) is 1. The van der Waals surface area contributed by atoms with Crippen LogP contribution in [0.2, 0.25) is 0 Å². The quantitative estimate of drug-likeness (QED) is 0.701. The third kappa shape index (κ3) is 5.30. The number of benzene rings is 1. The van der Waals surface area contributed by atoms with E-state index in [0.29, 0.717) is 6.54 Å². The Morgan fingerprint density at radius 3 is 2.58 bits per heavy atom. The molecule has 0 heterocycles. The van der Waals surface area contributed by atoms with Crippen LogP contribution >= 0.6 is 0 Å². The molecular formula is C15H25N3O. The summed E-state index contributed by atoms with van der Waals surface area (Å²) in [4.78, 5) is 13.9. The Labute approximate surface area is 116 Å². The maximum absolute atomic E-state index is 11.6. The molecule has 106 valence electrons. The molecule has 1 atom stereocenters. The topological polar surface area (TPSA) is 44.4 Å². The standard InChI is InChI=1S/C15H25N3O/c1-4-18(14-9-6-5-7-10-14)12-8-11-17-15(19)13(2)16-3/h5-7,9-10,13,16H,4,8,11-12H2,1-3H3,(H,17,19). The number of amides is 1. The average Bonchev–Trinajstić information content (AvgIpc) is 2.47. The van der Waals surface area contributed by atoms with Gasteiger partial charge in [-0.15, -0.1) is 0 Å². The maximum atomic E-state index is 11.6. The number of rotatable bonds is 8. The van der Waals surface area contributed by atoms with Crippen molar-refractivity contribution < 1.29 is 4.79 Å². The molecule has 0 fully saturated rings. The van der Waals surface area contributed by atoms with E-state index in [2.05, 4.69) is 34.6 Å². The predicted molar refractivity (Wildman–Crippen MR) is 80.5 cm³/mol. The Morgan fingerprint density at radius 1 is 1.32 bits per heavy atom. The van der Waals surface area contributed by atoms with Gasteiger partial charge in [-0.3, -0.25) is 4.79 Å². The van der Waals surface area contributed by atoms with Crippen LogP contribution in [-0.2, 0) is 4.79 Å². The van der Waals surface area contributed by atoms with Crippen LogP contribution in [0.1, 0.15) is 20.3 Å². The number of anilines is 1. The van der Waals surface area contributed by atoms with E-state index >= 15 is 0 Å². The smallest absolute Gasteiger partial charge is 0.236 e. The van der Waals surface area contributed by atoms with Crippen LogP contribution in [0.5, 0.6) is 0 Å². The molecule has 0 saturated carbocycles. The summed E-state index contributed by atoms with van der Waals surface area (Å²) in [6.07, 6.45) is 0.949. The van der Waals surface area contributed by atoms with Crippen molar-refractivity contribution in [1.29, 1.82) is 0 Å². The summed E-state index contributed by atoms with van der Waals surface area (Å²) in [6, 6.07) is 10.2. The Hall–Kier alpha value is -1.55. The van der Waals surface area contributed by atoms with E-state index in [4.69, 9.17) is 0 Å². The Morgan fingerprint density at radius 2 is 2.00 bits per heavy atom. The molecule has 19 heavy (non-hydrogen) atoms. The molecule has 0 aliphatic rings. The number of nitrogens with one attached hydrogen (secondary N) is 2. The molecule has 0 bridgehead atoms. The molecule has 1 aromatic carbocycles. The first kappa shape index (κ1) is 15.5. The molecule has 1 rings (SSSR count). The minimum atomic E-state index is -0.128. The maximum Gasteiger partial charge on any atom is 0.236 e. The zero-order valence-electron chi connectivity index (χ0n) is 12.1. The molecule has 1 amide bonds. The fourth-order valence-corrected chi connectivity index (χ4v) is 1.87. The number of hydrogen-bond acceptors (Lipinski definition) is 3. The highest BCUT2D eigenvalue weighted by atomic mass is 16.2. The van der Waals surface area contributed by atoms with Crippen LogP contribution in [0.15, 0.2) is 30.3 Å². The largest absolute Gasteiger partial charge is 0.372 e. The van der Waals surface area contributed by atoms with Crippen molar-refractivity contribution >= 4 is 11.6 Å². The van der Waals surface area contributed by atoms with Crippen LogP contribution in [0.25, 0.3) is 0 Å². The fourth-order valence-electron chi connectivity index (χ4n) is 1.87. The van der Waals surface area contributed by atoms with E-state index in [-0.39, 0.29) is 11.9 Å². The van der Waals surface area contributed by atoms with Gasteiger partial charge in [0.1, 0.15) is 0 Å². The molecule has 0 aliphatic carbocycles. The minimum Gasteiger partial charge on any atom is -0.372 e. The van der Waals surface area contributed by atoms with Crippen molar-refractivity contribution in [3.8, 4) is 0 Å². The summed E-state index contributed by atoms with van der Waals surface area (Å²) < 4.78 is 0. The lowest BCUT2D eigenvalue weighted by Crippen LogP contribution is -2.41. The van der Waals surface area contributed by atoms with Gasteiger partial charge in [0, 0.05) is 25.3 Å². The third-order valence-electron chi connectivity index (χ3n) is 3.23. The van der Waals surface area contributed by atoms with E-state index < -0.39 is 0 Å². The van der Waals surface area contributed by atoms with Gasteiger partial charge in [-0.2, -0.15) is 0 Å². The molecule has 0 saturated heterocycles. The van der Waals surface area contributed by atoms with Gasteiger partial charge in [-0.25, -0.2) is 0 Å². The lowest BCUT2D eigenvalue weighted by atomic mass is 10.2. The molecule has 1 aromatic rings. The van der Waals surface area contributed by atoms with Crippen LogP contribution in [-0.4, -0.2) is 38.6 Å². The zero-order valence-corrected chi connectivity index (χ0v) is 12.1. The highest BCUT2D eigenvalue weighted by Gasteiger charge is 2.09. The van der Waals surface area contributed by atoms with Gasteiger partial charge in [0.05, 0.1) is 6.04 Å². The Balaban J connectivity index is 2.30. The number of carbonyl (C=O) groups excluding carboxylic acids is 1. The molecule has 0 radical (unpaired) electrons.